The summed E-state index contributed by atoms with van der Waals surface area (Å²) in [4.78, 5) is 25.0. The summed E-state index contributed by atoms with van der Waals surface area (Å²) in [5, 5.41) is 9.37. The molecule has 5 heteroatoms. The number of nitrogens with zero attached hydrogens (tertiary/aromatic N) is 1. The maximum Gasteiger partial charge on any atom is 0.411 e. The predicted octanol–water partition coefficient (Wildman–Crippen LogP) is 3.47. The number of likely N-dealkylation sites (tertiary alicyclic amines) is 1. The summed E-state index contributed by atoms with van der Waals surface area (Å²) >= 11 is 0. The summed E-state index contributed by atoms with van der Waals surface area (Å²) in [5.74, 6) is -1.01. The number of hydrogen-bond acceptors (Lipinski definition) is 3. The highest BCUT2D eigenvalue weighted by atomic mass is 16.6. The van der Waals surface area contributed by atoms with E-state index in [-0.39, 0.29) is 6.54 Å². The van der Waals surface area contributed by atoms with E-state index in [9.17, 15) is 14.7 Å². The molecule has 1 heterocycles. The molecule has 0 saturated carbocycles. The Morgan fingerprint density at radius 1 is 1.26 bits per heavy atom. The van der Waals surface area contributed by atoms with Crippen LogP contribution in [0.5, 0.6) is 0 Å². The van der Waals surface area contributed by atoms with Gasteiger partial charge in [-0.3, -0.25) is 4.90 Å². The zero-order valence-electron chi connectivity index (χ0n) is 14.0. The van der Waals surface area contributed by atoms with Crippen LogP contribution >= 0.6 is 0 Å². The molecule has 1 aliphatic heterocycles. The van der Waals surface area contributed by atoms with E-state index in [0.29, 0.717) is 6.42 Å². The lowest BCUT2D eigenvalue weighted by Gasteiger charge is -2.26. The number of benzene rings is 1. The van der Waals surface area contributed by atoms with E-state index in [1.165, 1.54) is 4.90 Å². The van der Waals surface area contributed by atoms with Gasteiger partial charge < -0.3 is 9.84 Å². The highest BCUT2D eigenvalue weighted by molar-refractivity contribution is 5.82. The van der Waals surface area contributed by atoms with Crippen LogP contribution < -0.4 is 0 Å². The van der Waals surface area contributed by atoms with Crippen LogP contribution in [0.3, 0.4) is 0 Å². The number of ether oxygens (including phenoxy) is 1. The van der Waals surface area contributed by atoms with Crippen molar-refractivity contribution in [2.75, 3.05) is 6.54 Å². The molecule has 0 aliphatic carbocycles. The molecule has 0 aromatic heterocycles. The maximum absolute atomic E-state index is 12.2. The Kier molecular flexibility index (Phi) is 4.78. The second-order valence-corrected chi connectivity index (χ2v) is 6.88. The van der Waals surface area contributed by atoms with Gasteiger partial charge in [0.05, 0.1) is 0 Å². The quantitative estimate of drug-likeness (QED) is 0.907. The van der Waals surface area contributed by atoms with Gasteiger partial charge in [0.2, 0.25) is 0 Å². The highest BCUT2D eigenvalue weighted by Gasteiger charge is 2.38. The number of amides is 1. The number of carboxylic acids is 1. The van der Waals surface area contributed by atoms with Crippen LogP contribution in [0.2, 0.25) is 0 Å². The van der Waals surface area contributed by atoms with E-state index in [2.05, 4.69) is 0 Å². The third-order valence-corrected chi connectivity index (χ3v) is 3.57. The van der Waals surface area contributed by atoms with Gasteiger partial charge in [-0.2, -0.15) is 0 Å². The fraction of sp³-hybridized carbons (Fsp3) is 0.444. The van der Waals surface area contributed by atoms with Crippen molar-refractivity contribution >= 4 is 18.1 Å². The van der Waals surface area contributed by atoms with Crippen molar-refractivity contribution in [3.05, 3.63) is 41.0 Å². The third-order valence-electron chi connectivity index (χ3n) is 3.57. The number of rotatable bonds is 2. The van der Waals surface area contributed by atoms with Crippen LogP contribution in [-0.2, 0) is 9.53 Å². The van der Waals surface area contributed by atoms with Gasteiger partial charge >= 0.3 is 12.1 Å². The number of hydrogen-bond donors (Lipinski definition) is 1. The number of aryl methyl sites for hydroxylation is 1. The van der Waals surface area contributed by atoms with Gasteiger partial charge in [-0.1, -0.05) is 35.9 Å². The minimum atomic E-state index is -1.01. The average molecular weight is 317 g/mol. The van der Waals surface area contributed by atoms with Crippen molar-refractivity contribution in [2.24, 2.45) is 0 Å². The highest BCUT2D eigenvalue weighted by Crippen LogP contribution is 2.27. The van der Waals surface area contributed by atoms with Crippen LogP contribution in [0.15, 0.2) is 29.8 Å². The van der Waals surface area contributed by atoms with Crippen molar-refractivity contribution in [3.8, 4) is 0 Å². The van der Waals surface area contributed by atoms with E-state index < -0.39 is 23.7 Å². The molecule has 1 aromatic carbocycles. The molecule has 1 atom stereocenters. The molecule has 0 bridgehead atoms. The van der Waals surface area contributed by atoms with Crippen molar-refractivity contribution < 1.29 is 19.4 Å². The minimum absolute atomic E-state index is 0.278. The maximum atomic E-state index is 12.2. The SMILES string of the molecule is Cc1ccc(C=C2C[C@@H](C(=O)O)N(C(=O)OC(C)(C)C)C2)cc1. The molecule has 1 N–H and O–H groups in total. The second-order valence-electron chi connectivity index (χ2n) is 6.88. The van der Waals surface area contributed by atoms with Gasteiger partial charge in [-0.05, 0) is 38.8 Å². The van der Waals surface area contributed by atoms with Crippen LogP contribution in [0.4, 0.5) is 4.79 Å². The Balaban J connectivity index is 2.19. The summed E-state index contributed by atoms with van der Waals surface area (Å²) in [5.41, 5.74) is 2.43. The molecule has 5 nitrogen and oxygen atoms in total. The van der Waals surface area contributed by atoms with Gasteiger partial charge in [-0.15, -0.1) is 0 Å². The summed E-state index contributed by atoms with van der Waals surface area (Å²) in [6, 6.07) is 7.09. The fourth-order valence-corrected chi connectivity index (χ4v) is 2.49. The largest absolute Gasteiger partial charge is 0.480 e. The Morgan fingerprint density at radius 2 is 1.87 bits per heavy atom. The van der Waals surface area contributed by atoms with Crippen LogP contribution in [0.1, 0.15) is 38.3 Å². The molecule has 1 aliphatic rings. The average Bonchev–Trinajstić information content (AvgIpc) is 2.84. The van der Waals surface area contributed by atoms with Gasteiger partial charge in [-0.25, -0.2) is 9.59 Å². The molecular weight excluding hydrogens is 294 g/mol. The standard InChI is InChI=1S/C18H23NO4/c1-12-5-7-13(8-6-12)9-14-10-15(16(20)21)19(11-14)17(22)23-18(2,3)4/h5-9,15H,10-11H2,1-4H3,(H,20,21)/t15-/m0/s1. The van der Waals surface area contributed by atoms with E-state index >= 15 is 0 Å². The van der Waals surface area contributed by atoms with Crippen LogP contribution in [-0.4, -0.2) is 40.3 Å². The zero-order chi connectivity index (χ0) is 17.2. The first-order chi connectivity index (χ1) is 10.7. The second kappa shape index (κ2) is 6.44. The molecule has 0 unspecified atom stereocenters. The predicted molar refractivity (Wildman–Crippen MR) is 88.1 cm³/mol. The van der Waals surface area contributed by atoms with Crippen molar-refractivity contribution in [1.29, 1.82) is 0 Å². The zero-order valence-corrected chi connectivity index (χ0v) is 14.0. The Morgan fingerprint density at radius 3 is 2.39 bits per heavy atom. The molecule has 1 saturated heterocycles. The van der Waals surface area contributed by atoms with Gasteiger partial charge in [0.25, 0.3) is 0 Å². The molecule has 0 radical (unpaired) electrons. The van der Waals surface area contributed by atoms with Gasteiger partial charge in [0.1, 0.15) is 11.6 Å². The Labute approximate surface area is 136 Å². The van der Waals surface area contributed by atoms with E-state index in [4.69, 9.17) is 4.74 Å². The molecular formula is C18H23NO4. The van der Waals surface area contributed by atoms with Crippen molar-refractivity contribution in [1.82, 2.24) is 4.90 Å². The van der Waals surface area contributed by atoms with Crippen LogP contribution in [0.25, 0.3) is 6.08 Å². The first-order valence-corrected chi connectivity index (χ1v) is 7.64. The molecule has 124 valence electrons. The fourth-order valence-electron chi connectivity index (χ4n) is 2.49. The molecule has 1 fully saturated rings. The molecule has 23 heavy (non-hydrogen) atoms. The normalized spacial score (nSPS) is 19.9. The number of carbonyl (C=O) groups is 2. The smallest absolute Gasteiger partial charge is 0.411 e. The van der Waals surface area contributed by atoms with Crippen LogP contribution in [0, 0.1) is 6.92 Å². The monoisotopic (exact) mass is 317 g/mol. The van der Waals surface area contributed by atoms with E-state index in [1.807, 2.05) is 37.3 Å². The molecule has 1 aromatic rings. The lowest BCUT2D eigenvalue weighted by molar-refractivity contribution is -0.142. The first-order valence-electron chi connectivity index (χ1n) is 7.64. The number of carbonyl (C=O) groups excluding carboxylic acids is 1. The summed E-state index contributed by atoms with van der Waals surface area (Å²) in [6.07, 6.45) is 1.68. The lowest BCUT2D eigenvalue weighted by atomic mass is 10.1. The van der Waals surface area contributed by atoms with E-state index in [1.54, 1.807) is 20.8 Å². The first kappa shape index (κ1) is 17.1. The molecule has 2 rings (SSSR count). The van der Waals surface area contributed by atoms with Gasteiger partial charge in [0.15, 0.2) is 0 Å². The summed E-state index contributed by atoms with van der Waals surface area (Å²) in [7, 11) is 0. The Bertz CT molecular complexity index is 625. The summed E-state index contributed by atoms with van der Waals surface area (Å²) < 4.78 is 5.31. The lowest BCUT2D eigenvalue weighted by Crippen LogP contribution is -2.43. The topological polar surface area (TPSA) is 66.8 Å². The third kappa shape index (κ3) is 4.58. The van der Waals surface area contributed by atoms with Crippen molar-refractivity contribution in [2.45, 2.75) is 45.8 Å². The minimum Gasteiger partial charge on any atom is -0.480 e. The van der Waals surface area contributed by atoms with E-state index in [0.717, 1.165) is 16.7 Å². The number of aliphatic carboxylic acids is 1. The number of carboxylic acid groups (broad SMARTS) is 1. The Hall–Kier alpha value is -2.30. The summed E-state index contributed by atoms with van der Waals surface area (Å²) in [6.45, 7) is 7.58. The molecule has 0 spiro atoms. The van der Waals surface area contributed by atoms with Gasteiger partial charge in [0, 0.05) is 13.0 Å². The van der Waals surface area contributed by atoms with Crippen molar-refractivity contribution in [3.63, 3.8) is 0 Å². The molecule has 1 amide bonds.